The third-order valence-electron chi connectivity index (χ3n) is 4.73. The largest absolute Gasteiger partial charge is 0.419 e. The minimum Gasteiger partial charge on any atom is -0.408 e. The van der Waals surface area contributed by atoms with Gasteiger partial charge < -0.3 is 9.32 Å². The van der Waals surface area contributed by atoms with Gasteiger partial charge in [0.1, 0.15) is 0 Å². The Kier molecular flexibility index (Phi) is 3.45. The molecule has 0 spiro atoms. The standard InChI is InChI=1S/C19H20N2O2/c1-20-17-9-8-14(13-18(17)23-19(20)22)5-4-11-21-12-10-15-6-2-3-7-16(15)21/h2-3,6-9,13H,4-5,10-12H2,1H3. The first-order chi connectivity index (χ1) is 11.2. The summed E-state index contributed by atoms with van der Waals surface area (Å²) in [5.41, 5.74) is 5.60. The van der Waals surface area contributed by atoms with Crippen LogP contribution in [0, 0.1) is 0 Å². The number of fused-ring (bicyclic) bond motifs is 2. The highest BCUT2D eigenvalue weighted by molar-refractivity contribution is 5.73. The van der Waals surface area contributed by atoms with Gasteiger partial charge in [0, 0.05) is 25.8 Å². The molecule has 2 aromatic carbocycles. The van der Waals surface area contributed by atoms with Gasteiger partial charge in [0.25, 0.3) is 0 Å². The molecule has 0 aliphatic carbocycles. The number of rotatable bonds is 4. The molecule has 23 heavy (non-hydrogen) atoms. The van der Waals surface area contributed by atoms with Crippen molar-refractivity contribution in [3.63, 3.8) is 0 Å². The molecule has 4 rings (SSSR count). The van der Waals surface area contributed by atoms with E-state index in [1.165, 1.54) is 16.8 Å². The molecular weight excluding hydrogens is 288 g/mol. The third kappa shape index (κ3) is 2.54. The molecule has 0 saturated heterocycles. The van der Waals surface area contributed by atoms with Crippen LogP contribution in [0.2, 0.25) is 0 Å². The number of aromatic nitrogens is 1. The van der Waals surface area contributed by atoms with Crippen LogP contribution in [0.3, 0.4) is 0 Å². The summed E-state index contributed by atoms with van der Waals surface area (Å²) in [5.74, 6) is -0.300. The molecule has 0 atom stereocenters. The van der Waals surface area contributed by atoms with Gasteiger partial charge in [0.15, 0.2) is 5.58 Å². The zero-order valence-corrected chi connectivity index (χ0v) is 13.3. The van der Waals surface area contributed by atoms with Gasteiger partial charge in [0.05, 0.1) is 5.52 Å². The molecular formula is C19H20N2O2. The summed E-state index contributed by atoms with van der Waals surface area (Å²) in [5, 5.41) is 0. The second kappa shape index (κ2) is 5.61. The number of anilines is 1. The van der Waals surface area contributed by atoms with Crippen molar-refractivity contribution in [3.05, 3.63) is 64.1 Å². The van der Waals surface area contributed by atoms with Gasteiger partial charge in [-0.15, -0.1) is 0 Å². The summed E-state index contributed by atoms with van der Waals surface area (Å²) in [6.07, 6.45) is 3.24. The van der Waals surface area contributed by atoms with E-state index in [0.29, 0.717) is 5.58 Å². The number of oxazole rings is 1. The van der Waals surface area contributed by atoms with Gasteiger partial charge >= 0.3 is 5.76 Å². The molecule has 0 amide bonds. The molecule has 0 unspecified atom stereocenters. The van der Waals surface area contributed by atoms with Crippen molar-refractivity contribution >= 4 is 16.8 Å². The van der Waals surface area contributed by atoms with Crippen molar-refractivity contribution in [1.29, 1.82) is 0 Å². The Balaban J connectivity index is 1.43. The Morgan fingerprint density at radius 1 is 1.17 bits per heavy atom. The first-order valence-electron chi connectivity index (χ1n) is 8.14. The Labute approximate surface area is 134 Å². The Hall–Kier alpha value is -2.49. The van der Waals surface area contributed by atoms with Crippen LogP contribution in [0.15, 0.2) is 51.7 Å². The minimum absolute atomic E-state index is 0.300. The predicted molar refractivity (Wildman–Crippen MR) is 92.1 cm³/mol. The molecule has 0 radical (unpaired) electrons. The predicted octanol–water partition coefficient (Wildman–Crippen LogP) is 3.13. The van der Waals surface area contributed by atoms with Crippen molar-refractivity contribution in [3.8, 4) is 0 Å². The molecule has 2 heterocycles. The van der Waals surface area contributed by atoms with Crippen LogP contribution < -0.4 is 10.7 Å². The zero-order valence-electron chi connectivity index (χ0n) is 13.3. The highest BCUT2D eigenvalue weighted by Crippen LogP contribution is 2.27. The van der Waals surface area contributed by atoms with Gasteiger partial charge in [-0.05, 0) is 48.6 Å². The lowest BCUT2D eigenvalue weighted by Crippen LogP contribution is -2.22. The van der Waals surface area contributed by atoms with Crippen molar-refractivity contribution in [1.82, 2.24) is 4.57 Å². The van der Waals surface area contributed by atoms with E-state index in [9.17, 15) is 4.79 Å². The second-order valence-electron chi connectivity index (χ2n) is 6.20. The van der Waals surface area contributed by atoms with Crippen LogP contribution in [0.1, 0.15) is 17.5 Å². The fourth-order valence-electron chi connectivity index (χ4n) is 3.45. The molecule has 4 heteroatoms. The quantitative estimate of drug-likeness (QED) is 0.743. The van der Waals surface area contributed by atoms with Crippen molar-refractivity contribution in [2.24, 2.45) is 7.05 Å². The normalized spacial score (nSPS) is 13.7. The molecule has 1 aliphatic heterocycles. The number of aryl methyl sites for hydroxylation is 2. The maximum absolute atomic E-state index is 11.5. The lowest BCUT2D eigenvalue weighted by molar-refractivity contribution is 0.528. The van der Waals surface area contributed by atoms with Gasteiger partial charge in [-0.3, -0.25) is 4.57 Å². The van der Waals surface area contributed by atoms with Crippen LogP contribution in [-0.4, -0.2) is 17.7 Å². The third-order valence-corrected chi connectivity index (χ3v) is 4.73. The van der Waals surface area contributed by atoms with Gasteiger partial charge in [-0.25, -0.2) is 4.79 Å². The van der Waals surface area contributed by atoms with Crippen molar-refractivity contribution in [2.45, 2.75) is 19.3 Å². The maximum atomic E-state index is 11.5. The number of para-hydroxylation sites is 1. The Bertz CT molecular complexity index is 907. The van der Waals surface area contributed by atoms with Crippen molar-refractivity contribution < 1.29 is 4.42 Å². The second-order valence-corrected chi connectivity index (χ2v) is 6.20. The fourth-order valence-corrected chi connectivity index (χ4v) is 3.45. The van der Waals surface area contributed by atoms with E-state index in [-0.39, 0.29) is 5.76 Å². The number of hydrogen-bond acceptors (Lipinski definition) is 3. The first-order valence-corrected chi connectivity index (χ1v) is 8.14. The monoisotopic (exact) mass is 308 g/mol. The molecule has 118 valence electrons. The lowest BCUT2D eigenvalue weighted by atomic mass is 10.1. The average Bonchev–Trinajstić information content (AvgIpc) is 3.09. The molecule has 0 N–H and O–H groups in total. The molecule has 0 bridgehead atoms. The van der Waals surface area contributed by atoms with Crippen molar-refractivity contribution in [2.75, 3.05) is 18.0 Å². The summed E-state index contributed by atoms with van der Waals surface area (Å²) in [6.45, 7) is 2.18. The number of hydrogen-bond donors (Lipinski definition) is 0. The van der Waals surface area contributed by atoms with Gasteiger partial charge in [-0.1, -0.05) is 24.3 Å². The summed E-state index contributed by atoms with van der Waals surface area (Å²) in [7, 11) is 1.73. The highest BCUT2D eigenvalue weighted by Gasteiger charge is 2.17. The Morgan fingerprint density at radius 3 is 2.96 bits per heavy atom. The summed E-state index contributed by atoms with van der Waals surface area (Å²) < 4.78 is 6.80. The van der Waals surface area contributed by atoms with Crippen LogP contribution in [0.4, 0.5) is 5.69 Å². The van der Waals surface area contributed by atoms with E-state index in [1.807, 2.05) is 12.1 Å². The van der Waals surface area contributed by atoms with E-state index in [4.69, 9.17) is 4.42 Å². The number of nitrogens with zero attached hydrogens (tertiary/aromatic N) is 2. The topological polar surface area (TPSA) is 38.4 Å². The summed E-state index contributed by atoms with van der Waals surface area (Å²) >= 11 is 0. The van der Waals surface area contributed by atoms with E-state index in [1.54, 1.807) is 11.6 Å². The SMILES string of the molecule is Cn1c(=O)oc2cc(CCCN3CCc4ccccc43)ccc21. The molecule has 3 aromatic rings. The fraction of sp³-hybridized carbons (Fsp3) is 0.316. The highest BCUT2D eigenvalue weighted by atomic mass is 16.4. The van der Waals surface area contributed by atoms with Gasteiger partial charge in [0.2, 0.25) is 0 Å². The number of benzene rings is 2. The molecule has 0 saturated carbocycles. The molecule has 1 aliphatic rings. The van der Waals surface area contributed by atoms with Crippen LogP contribution in [-0.2, 0) is 19.9 Å². The first kappa shape index (κ1) is 14.1. The van der Waals surface area contributed by atoms with Crippen LogP contribution in [0.5, 0.6) is 0 Å². The zero-order chi connectivity index (χ0) is 15.8. The molecule has 4 nitrogen and oxygen atoms in total. The maximum Gasteiger partial charge on any atom is 0.419 e. The van der Waals surface area contributed by atoms with E-state index in [2.05, 4.69) is 35.2 Å². The van der Waals surface area contributed by atoms with E-state index in [0.717, 1.165) is 37.9 Å². The Morgan fingerprint density at radius 2 is 2.04 bits per heavy atom. The summed E-state index contributed by atoms with van der Waals surface area (Å²) in [6, 6.07) is 14.7. The molecule has 0 fully saturated rings. The smallest absolute Gasteiger partial charge is 0.408 e. The van der Waals surface area contributed by atoms with Crippen LogP contribution >= 0.6 is 0 Å². The summed E-state index contributed by atoms with van der Waals surface area (Å²) in [4.78, 5) is 14.0. The lowest BCUT2D eigenvalue weighted by Gasteiger charge is -2.19. The van der Waals surface area contributed by atoms with E-state index >= 15 is 0 Å². The minimum atomic E-state index is -0.300. The van der Waals surface area contributed by atoms with E-state index < -0.39 is 0 Å². The molecule has 1 aromatic heterocycles. The van der Waals surface area contributed by atoms with Gasteiger partial charge in [-0.2, -0.15) is 0 Å². The van der Waals surface area contributed by atoms with Crippen LogP contribution in [0.25, 0.3) is 11.1 Å². The average molecular weight is 308 g/mol.